The first-order valence-electron chi connectivity index (χ1n) is 9.93. The average molecular weight is 403 g/mol. The Hall–Kier alpha value is -3.65. The van der Waals surface area contributed by atoms with E-state index in [9.17, 15) is 5.11 Å². The zero-order chi connectivity index (χ0) is 20.9. The predicted molar refractivity (Wildman–Crippen MR) is 121 cm³/mol. The lowest BCUT2D eigenvalue weighted by Gasteiger charge is -2.21. The van der Waals surface area contributed by atoms with E-state index in [4.69, 9.17) is 21.1 Å². The molecule has 1 aliphatic rings. The van der Waals surface area contributed by atoms with Crippen molar-refractivity contribution in [1.29, 1.82) is 5.41 Å². The molecule has 1 aliphatic heterocycles. The van der Waals surface area contributed by atoms with Gasteiger partial charge in [-0.15, -0.1) is 0 Å². The quantitative estimate of drug-likeness (QED) is 0.328. The van der Waals surface area contributed by atoms with Crippen LogP contribution in [-0.2, 0) is 0 Å². The first-order chi connectivity index (χ1) is 14.6. The van der Waals surface area contributed by atoms with Crippen molar-refractivity contribution in [2.24, 2.45) is 0 Å². The molecule has 1 aromatic heterocycles. The van der Waals surface area contributed by atoms with Crippen molar-refractivity contribution in [3.63, 3.8) is 0 Å². The van der Waals surface area contributed by atoms with Gasteiger partial charge in [0.1, 0.15) is 11.6 Å². The van der Waals surface area contributed by atoms with Crippen LogP contribution in [0.4, 0.5) is 23.1 Å². The number of nitrogens with two attached hydrogens (primary N) is 1. The first-order valence-corrected chi connectivity index (χ1v) is 9.93. The van der Waals surface area contributed by atoms with Crippen molar-refractivity contribution in [2.45, 2.75) is 6.42 Å². The first kappa shape index (κ1) is 19.7. The summed E-state index contributed by atoms with van der Waals surface area (Å²) < 4.78 is 0. The molecule has 1 saturated heterocycles. The lowest BCUT2D eigenvalue weighted by molar-refractivity contribution is 0.475. The molecule has 154 valence electrons. The van der Waals surface area contributed by atoms with Crippen LogP contribution in [0.3, 0.4) is 0 Å². The van der Waals surface area contributed by atoms with Crippen LogP contribution in [0.15, 0.2) is 48.5 Å². The lowest BCUT2D eigenvalue weighted by atomic mass is 10.1. The number of nitrogens with one attached hydrogen (secondary N) is 3. The van der Waals surface area contributed by atoms with Gasteiger partial charge in [0.25, 0.3) is 0 Å². The molecule has 8 heteroatoms. The summed E-state index contributed by atoms with van der Waals surface area (Å²) in [5.41, 5.74) is 9.41. The molecule has 1 fully saturated rings. The van der Waals surface area contributed by atoms with Crippen LogP contribution >= 0.6 is 0 Å². The van der Waals surface area contributed by atoms with Gasteiger partial charge in [0.05, 0.1) is 5.69 Å². The largest absolute Gasteiger partial charge is 0.508 e. The van der Waals surface area contributed by atoms with E-state index in [1.54, 1.807) is 24.3 Å². The summed E-state index contributed by atoms with van der Waals surface area (Å²) in [6.45, 7) is 3.55. The van der Waals surface area contributed by atoms with E-state index in [1.165, 1.54) is 6.21 Å². The number of rotatable bonds is 5. The monoisotopic (exact) mass is 403 g/mol. The molecule has 2 aromatic carbocycles. The van der Waals surface area contributed by atoms with Gasteiger partial charge in [0.15, 0.2) is 0 Å². The zero-order valence-corrected chi connectivity index (χ0v) is 16.6. The number of hydrogen-bond donors (Lipinski definition) is 5. The van der Waals surface area contributed by atoms with E-state index in [0.717, 1.165) is 49.5 Å². The number of phenolic OH excluding ortho intramolecular Hbond substituents is 1. The molecule has 0 spiro atoms. The highest BCUT2D eigenvalue weighted by atomic mass is 16.3. The Balaban J connectivity index is 1.73. The highest BCUT2D eigenvalue weighted by molar-refractivity contribution is 5.87. The minimum absolute atomic E-state index is 0.190. The number of nitrogen functional groups attached to an aromatic ring is 1. The van der Waals surface area contributed by atoms with Crippen molar-refractivity contribution in [1.82, 2.24) is 15.3 Å². The molecule has 0 bridgehead atoms. The van der Waals surface area contributed by atoms with Crippen LogP contribution < -0.4 is 21.3 Å². The third-order valence-electron chi connectivity index (χ3n) is 4.99. The van der Waals surface area contributed by atoms with Crippen LogP contribution in [0.25, 0.3) is 11.3 Å². The fraction of sp³-hybridized carbons (Fsp3) is 0.227. The summed E-state index contributed by atoms with van der Waals surface area (Å²) in [5, 5.41) is 24.1. The summed E-state index contributed by atoms with van der Waals surface area (Å²) in [5.74, 6) is 1.47. The van der Waals surface area contributed by atoms with Gasteiger partial charge in [-0.3, -0.25) is 0 Å². The third kappa shape index (κ3) is 4.49. The van der Waals surface area contributed by atoms with Crippen molar-refractivity contribution in [3.05, 3.63) is 54.1 Å². The summed E-state index contributed by atoms with van der Waals surface area (Å²) in [6, 6.07) is 14.3. The van der Waals surface area contributed by atoms with E-state index in [2.05, 4.69) is 15.5 Å². The summed E-state index contributed by atoms with van der Waals surface area (Å²) in [4.78, 5) is 11.7. The topological polar surface area (TPSA) is 123 Å². The van der Waals surface area contributed by atoms with E-state index >= 15 is 0 Å². The highest BCUT2D eigenvalue weighted by Gasteiger charge is 2.16. The third-order valence-corrected chi connectivity index (χ3v) is 4.99. The predicted octanol–water partition coefficient (Wildman–Crippen LogP) is 2.97. The molecule has 0 amide bonds. The van der Waals surface area contributed by atoms with Crippen LogP contribution in [0.2, 0.25) is 0 Å². The Morgan fingerprint density at radius 2 is 2.00 bits per heavy atom. The molecule has 0 unspecified atom stereocenters. The van der Waals surface area contributed by atoms with Gasteiger partial charge in [-0.05, 0) is 43.3 Å². The molecule has 0 radical (unpaired) electrons. The molecule has 6 N–H and O–H groups in total. The molecule has 8 nitrogen and oxygen atoms in total. The molecule has 3 aromatic rings. The van der Waals surface area contributed by atoms with E-state index in [1.807, 2.05) is 24.3 Å². The standard InChI is InChI=1S/C22H25N7O/c23-14-16-11-17(5-6-19(16)24)26-21-13-20(15-3-1-4-18(30)12-15)27-22(28-21)29-9-2-7-25-8-10-29/h1,3-6,11-14,23,25,30H,2,7-10,24H2,(H,26,27,28). The Kier molecular flexibility index (Phi) is 5.76. The number of aromatic hydroxyl groups is 1. The number of phenols is 1. The van der Waals surface area contributed by atoms with Crippen molar-refractivity contribution < 1.29 is 5.11 Å². The Labute approximate surface area is 175 Å². The van der Waals surface area contributed by atoms with E-state index < -0.39 is 0 Å². The zero-order valence-electron chi connectivity index (χ0n) is 16.6. The van der Waals surface area contributed by atoms with Crippen LogP contribution in [0, 0.1) is 5.41 Å². The summed E-state index contributed by atoms with van der Waals surface area (Å²) in [6.07, 6.45) is 2.25. The van der Waals surface area contributed by atoms with Gasteiger partial charge in [-0.25, -0.2) is 4.98 Å². The molecular formula is C22H25N7O. The molecule has 0 saturated carbocycles. The van der Waals surface area contributed by atoms with Gasteiger partial charge >= 0.3 is 0 Å². The molecule has 0 aliphatic carbocycles. The number of aromatic nitrogens is 2. The van der Waals surface area contributed by atoms with E-state index in [0.29, 0.717) is 23.0 Å². The second-order valence-corrected chi connectivity index (χ2v) is 7.19. The maximum Gasteiger partial charge on any atom is 0.227 e. The van der Waals surface area contributed by atoms with Gasteiger partial charge in [0, 0.05) is 54.4 Å². The number of hydrogen-bond acceptors (Lipinski definition) is 8. The van der Waals surface area contributed by atoms with Crippen molar-refractivity contribution in [3.8, 4) is 17.0 Å². The van der Waals surface area contributed by atoms with Gasteiger partial charge in [-0.1, -0.05) is 12.1 Å². The summed E-state index contributed by atoms with van der Waals surface area (Å²) in [7, 11) is 0. The Morgan fingerprint density at radius 1 is 1.10 bits per heavy atom. The van der Waals surface area contributed by atoms with Crippen LogP contribution in [-0.4, -0.2) is 47.5 Å². The SMILES string of the molecule is N=Cc1cc(Nc2cc(-c3cccc(O)c3)nc(N3CCCNCC3)n2)ccc1N. The second-order valence-electron chi connectivity index (χ2n) is 7.19. The fourth-order valence-corrected chi connectivity index (χ4v) is 3.42. The number of benzene rings is 2. The van der Waals surface area contributed by atoms with Crippen LogP contribution in [0.1, 0.15) is 12.0 Å². The minimum Gasteiger partial charge on any atom is -0.508 e. The maximum absolute atomic E-state index is 9.91. The maximum atomic E-state index is 9.91. The molecular weight excluding hydrogens is 378 g/mol. The van der Waals surface area contributed by atoms with Crippen molar-refractivity contribution in [2.75, 3.05) is 42.1 Å². The highest BCUT2D eigenvalue weighted by Crippen LogP contribution is 2.28. The Bertz CT molecular complexity index is 1050. The van der Waals surface area contributed by atoms with Crippen LogP contribution in [0.5, 0.6) is 5.75 Å². The van der Waals surface area contributed by atoms with E-state index in [-0.39, 0.29) is 5.75 Å². The van der Waals surface area contributed by atoms with Gasteiger partial charge in [0.2, 0.25) is 5.95 Å². The van der Waals surface area contributed by atoms with Crippen molar-refractivity contribution >= 4 is 29.4 Å². The molecule has 0 atom stereocenters. The number of anilines is 4. The fourth-order valence-electron chi connectivity index (χ4n) is 3.42. The minimum atomic E-state index is 0.190. The Morgan fingerprint density at radius 3 is 2.83 bits per heavy atom. The molecule has 4 rings (SSSR count). The number of nitrogens with zero attached hydrogens (tertiary/aromatic N) is 3. The smallest absolute Gasteiger partial charge is 0.227 e. The second kappa shape index (κ2) is 8.79. The lowest BCUT2D eigenvalue weighted by Crippen LogP contribution is -2.29. The molecule has 30 heavy (non-hydrogen) atoms. The van der Waals surface area contributed by atoms with Gasteiger partial charge < -0.3 is 31.8 Å². The average Bonchev–Trinajstić information content (AvgIpc) is 3.04. The van der Waals surface area contributed by atoms with Gasteiger partial charge in [-0.2, -0.15) is 4.98 Å². The summed E-state index contributed by atoms with van der Waals surface area (Å²) >= 11 is 0. The molecule has 2 heterocycles. The normalized spacial score (nSPS) is 14.2.